The number of carbonyl (C=O) groups is 1. The first-order valence-corrected chi connectivity index (χ1v) is 7.27. The van der Waals surface area contributed by atoms with Crippen molar-refractivity contribution in [1.82, 2.24) is 15.5 Å². The third-order valence-corrected chi connectivity index (χ3v) is 3.34. The van der Waals surface area contributed by atoms with Crippen LogP contribution in [-0.2, 0) is 0 Å². The zero-order valence-electron chi connectivity index (χ0n) is 12.7. The van der Waals surface area contributed by atoms with Gasteiger partial charge in [-0.1, -0.05) is 26.0 Å². The molecule has 1 rings (SSSR count). The average Bonchev–Trinajstić information content (AvgIpc) is 2.50. The minimum atomic E-state index is -0.792. The van der Waals surface area contributed by atoms with Crippen molar-refractivity contribution >= 4 is 6.03 Å². The highest BCUT2D eigenvalue weighted by molar-refractivity contribution is 5.73. The predicted octanol–water partition coefficient (Wildman–Crippen LogP) is 1.07. The molecule has 0 radical (unpaired) electrons. The summed E-state index contributed by atoms with van der Waals surface area (Å²) in [5.74, 6) is 0.146. The number of amides is 2. The van der Waals surface area contributed by atoms with Crippen LogP contribution in [0.1, 0.15) is 25.5 Å². The van der Waals surface area contributed by atoms with Crippen LogP contribution in [0.4, 0.5) is 4.79 Å². The molecular weight excluding hydrogens is 270 g/mol. The summed E-state index contributed by atoms with van der Waals surface area (Å²) in [6.45, 7) is 7.58. The maximum atomic E-state index is 11.6. The van der Waals surface area contributed by atoms with Crippen molar-refractivity contribution in [3.8, 4) is 5.75 Å². The van der Waals surface area contributed by atoms with Crippen molar-refractivity contribution < 1.29 is 15.0 Å². The van der Waals surface area contributed by atoms with Crippen molar-refractivity contribution in [3.63, 3.8) is 0 Å². The molecule has 0 aromatic heterocycles. The van der Waals surface area contributed by atoms with E-state index < -0.39 is 6.10 Å². The number of carbonyl (C=O) groups excluding carboxylic acids is 1. The molecule has 21 heavy (non-hydrogen) atoms. The summed E-state index contributed by atoms with van der Waals surface area (Å²) in [5.41, 5.74) is 0.649. The van der Waals surface area contributed by atoms with Crippen LogP contribution in [0.15, 0.2) is 24.3 Å². The Labute approximate surface area is 125 Å². The van der Waals surface area contributed by atoms with Gasteiger partial charge in [-0.05, 0) is 30.8 Å². The van der Waals surface area contributed by atoms with E-state index in [1.54, 1.807) is 12.1 Å². The van der Waals surface area contributed by atoms with Crippen LogP contribution < -0.4 is 10.6 Å². The Hall–Kier alpha value is -1.79. The summed E-state index contributed by atoms with van der Waals surface area (Å²) in [7, 11) is 0. The SMILES string of the molecule is CCN(CC)CCNC(=O)NC[C@H](O)c1ccc(O)cc1. The minimum absolute atomic E-state index is 0.127. The Bertz CT molecular complexity index is 419. The third-order valence-electron chi connectivity index (χ3n) is 3.34. The molecule has 0 saturated heterocycles. The molecule has 1 atom stereocenters. The van der Waals surface area contributed by atoms with Gasteiger partial charge < -0.3 is 25.7 Å². The van der Waals surface area contributed by atoms with Crippen LogP contribution in [0, 0.1) is 0 Å². The third kappa shape index (κ3) is 6.46. The first-order chi connectivity index (χ1) is 10.1. The van der Waals surface area contributed by atoms with Gasteiger partial charge in [0.2, 0.25) is 0 Å². The molecule has 6 nitrogen and oxygen atoms in total. The van der Waals surface area contributed by atoms with Gasteiger partial charge in [0.1, 0.15) is 5.75 Å². The van der Waals surface area contributed by atoms with Crippen LogP contribution in [0.5, 0.6) is 5.75 Å². The van der Waals surface area contributed by atoms with Gasteiger partial charge >= 0.3 is 6.03 Å². The number of aromatic hydroxyl groups is 1. The highest BCUT2D eigenvalue weighted by Gasteiger charge is 2.09. The first kappa shape index (κ1) is 17.3. The molecule has 1 aromatic rings. The van der Waals surface area contributed by atoms with Gasteiger partial charge in [-0.2, -0.15) is 0 Å². The van der Waals surface area contributed by atoms with Gasteiger partial charge in [-0.3, -0.25) is 0 Å². The quantitative estimate of drug-likeness (QED) is 0.578. The van der Waals surface area contributed by atoms with Crippen molar-refractivity contribution in [2.45, 2.75) is 20.0 Å². The molecule has 0 spiro atoms. The highest BCUT2D eigenvalue weighted by atomic mass is 16.3. The van der Waals surface area contributed by atoms with E-state index in [2.05, 4.69) is 29.4 Å². The van der Waals surface area contributed by atoms with E-state index in [0.29, 0.717) is 12.1 Å². The Balaban J connectivity index is 2.24. The molecule has 0 unspecified atom stereocenters. The Morgan fingerprint density at radius 1 is 1.19 bits per heavy atom. The molecule has 6 heteroatoms. The van der Waals surface area contributed by atoms with Crippen molar-refractivity contribution in [2.24, 2.45) is 0 Å². The number of phenols is 1. The minimum Gasteiger partial charge on any atom is -0.508 e. The van der Waals surface area contributed by atoms with Crippen molar-refractivity contribution in [1.29, 1.82) is 0 Å². The summed E-state index contributed by atoms with van der Waals surface area (Å²) in [4.78, 5) is 13.8. The fraction of sp³-hybridized carbons (Fsp3) is 0.533. The normalized spacial score (nSPS) is 12.2. The van der Waals surface area contributed by atoms with Crippen LogP contribution in [0.2, 0.25) is 0 Å². The Morgan fingerprint density at radius 3 is 2.38 bits per heavy atom. The molecule has 0 saturated carbocycles. The highest BCUT2D eigenvalue weighted by Crippen LogP contribution is 2.15. The van der Waals surface area contributed by atoms with Gasteiger partial charge in [-0.15, -0.1) is 0 Å². The maximum Gasteiger partial charge on any atom is 0.314 e. The number of aliphatic hydroxyl groups excluding tert-OH is 1. The smallest absolute Gasteiger partial charge is 0.314 e. The first-order valence-electron chi connectivity index (χ1n) is 7.27. The lowest BCUT2D eigenvalue weighted by molar-refractivity contribution is 0.172. The fourth-order valence-corrected chi connectivity index (χ4v) is 1.93. The molecule has 4 N–H and O–H groups in total. The number of urea groups is 1. The lowest BCUT2D eigenvalue weighted by atomic mass is 10.1. The van der Waals surface area contributed by atoms with Crippen LogP contribution in [-0.4, -0.2) is 53.9 Å². The lowest BCUT2D eigenvalue weighted by Crippen LogP contribution is -2.41. The van der Waals surface area contributed by atoms with Gasteiger partial charge in [-0.25, -0.2) is 4.79 Å². The largest absolute Gasteiger partial charge is 0.508 e. The van der Waals surface area contributed by atoms with E-state index >= 15 is 0 Å². The molecule has 1 aromatic carbocycles. The van der Waals surface area contributed by atoms with Crippen LogP contribution in [0.3, 0.4) is 0 Å². The predicted molar refractivity (Wildman–Crippen MR) is 82.3 cm³/mol. The molecule has 0 bridgehead atoms. The molecule has 0 aliphatic carbocycles. The number of hydrogen-bond donors (Lipinski definition) is 4. The van der Waals surface area contributed by atoms with Crippen LogP contribution in [0.25, 0.3) is 0 Å². The molecule has 0 aliphatic heterocycles. The Morgan fingerprint density at radius 2 is 1.81 bits per heavy atom. The lowest BCUT2D eigenvalue weighted by Gasteiger charge is -2.18. The number of nitrogens with one attached hydrogen (secondary N) is 2. The summed E-state index contributed by atoms with van der Waals surface area (Å²) in [6.07, 6.45) is -0.792. The molecular formula is C15H25N3O3. The summed E-state index contributed by atoms with van der Waals surface area (Å²) in [6, 6.07) is 5.96. The standard InChI is InChI=1S/C15H25N3O3/c1-3-18(4-2)10-9-16-15(21)17-11-14(20)12-5-7-13(19)8-6-12/h5-8,14,19-20H,3-4,9-11H2,1-2H3,(H2,16,17,21)/t14-/m0/s1. The summed E-state index contributed by atoms with van der Waals surface area (Å²) < 4.78 is 0. The van der Waals surface area contributed by atoms with Crippen LogP contribution >= 0.6 is 0 Å². The van der Waals surface area contributed by atoms with Gasteiger partial charge in [0.15, 0.2) is 0 Å². The number of likely N-dealkylation sites (N-methyl/N-ethyl adjacent to an activating group) is 1. The second-order valence-corrected chi connectivity index (χ2v) is 4.77. The number of benzene rings is 1. The number of aliphatic hydroxyl groups is 1. The maximum absolute atomic E-state index is 11.6. The van der Waals surface area contributed by atoms with Crippen molar-refractivity contribution in [2.75, 3.05) is 32.7 Å². The second-order valence-electron chi connectivity index (χ2n) is 4.77. The Kier molecular flexibility index (Phi) is 7.56. The number of phenolic OH excluding ortho intramolecular Hbond substituents is 1. The second kappa shape index (κ2) is 9.20. The molecule has 2 amide bonds. The molecule has 0 aliphatic rings. The number of hydrogen-bond acceptors (Lipinski definition) is 4. The fourth-order valence-electron chi connectivity index (χ4n) is 1.93. The zero-order chi connectivity index (χ0) is 15.7. The van der Waals surface area contributed by atoms with Gasteiger partial charge in [0.05, 0.1) is 6.10 Å². The van der Waals surface area contributed by atoms with E-state index in [1.165, 1.54) is 12.1 Å². The summed E-state index contributed by atoms with van der Waals surface area (Å²) >= 11 is 0. The zero-order valence-corrected chi connectivity index (χ0v) is 12.7. The molecule has 0 fully saturated rings. The van der Waals surface area contributed by atoms with E-state index in [-0.39, 0.29) is 18.3 Å². The number of nitrogens with zero attached hydrogens (tertiary/aromatic N) is 1. The average molecular weight is 295 g/mol. The monoisotopic (exact) mass is 295 g/mol. The van der Waals surface area contributed by atoms with Gasteiger partial charge in [0, 0.05) is 19.6 Å². The van der Waals surface area contributed by atoms with Gasteiger partial charge in [0.25, 0.3) is 0 Å². The van der Waals surface area contributed by atoms with E-state index in [0.717, 1.165) is 19.6 Å². The van der Waals surface area contributed by atoms with Crippen molar-refractivity contribution in [3.05, 3.63) is 29.8 Å². The topological polar surface area (TPSA) is 84.8 Å². The summed E-state index contributed by atoms with van der Waals surface area (Å²) in [5, 5.41) is 24.5. The van der Waals surface area contributed by atoms with E-state index in [9.17, 15) is 15.0 Å². The van der Waals surface area contributed by atoms with E-state index in [4.69, 9.17) is 0 Å². The molecule has 118 valence electrons. The number of rotatable bonds is 8. The molecule has 0 heterocycles. The van der Waals surface area contributed by atoms with E-state index in [1.807, 2.05) is 0 Å².